The topological polar surface area (TPSA) is 65.9 Å². The molecule has 0 amide bonds. The van der Waals surface area contributed by atoms with Crippen molar-refractivity contribution in [3.8, 4) is 11.5 Å². The molecule has 0 fully saturated rings. The zero-order valence-corrected chi connectivity index (χ0v) is 16.4. The third-order valence-electron chi connectivity index (χ3n) is 4.44. The van der Waals surface area contributed by atoms with Gasteiger partial charge in [0, 0.05) is 20.1 Å². The van der Waals surface area contributed by atoms with Crippen LogP contribution >= 0.6 is 0 Å². The first-order chi connectivity index (χ1) is 13.2. The second-order valence-corrected chi connectivity index (χ2v) is 6.50. The molecule has 5 nitrogen and oxygen atoms in total. The van der Waals surface area contributed by atoms with Crippen molar-refractivity contribution in [3.63, 3.8) is 0 Å². The van der Waals surface area contributed by atoms with Gasteiger partial charge in [0.2, 0.25) is 0 Å². The number of rotatable bonds is 10. The fourth-order valence-electron chi connectivity index (χ4n) is 2.84. The van der Waals surface area contributed by atoms with E-state index in [1.54, 1.807) is 26.3 Å². The Morgan fingerprint density at radius 3 is 2.00 bits per heavy atom. The van der Waals surface area contributed by atoms with Gasteiger partial charge in [-0.25, -0.2) is 0 Å². The number of ether oxygens (including phenoxy) is 1. The molecular weight excluding hydrogens is 338 g/mol. The van der Waals surface area contributed by atoms with Gasteiger partial charge < -0.3 is 20.5 Å². The van der Waals surface area contributed by atoms with Crippen LogP contribution < -0.4 is 15.4 Å². The minimum atomic E-state index is 0.313. The van der Waals surface area contributed by atoms with Crippen LogP contribution in [-0.2, 0) is 12.8 Å². The molecule has 0 atom stereocenters. The standard InChI is InChI=1S/C22H31N3O2/c1-23-22(25-17-5-7-19-8-12-20(26)13-9-19)24-16-4-3-6-18-10-14-21(27-2)15-11-18/h8-15,26H,3-7,16-17H2,1-2H3,(H2,23,24,25). The molecule has 0 aliphatic carbocycles. The van der Waals surface area contributed by atoms with E-state index >= 15 is 0 Å². The molecule has 0 spiro atoms. The minimum Gasteiger partial charge on any atom is -0.508 e. The Kier molecular flexibility index (Phi) is 9.04. The Labute approximate surface area is 162 Å². The van der Waals surface area contributed by atoms with Crippen LogP contribution in [0.5, 0.6) is 11.5 Å². The van der Waals surface area contributed by atoms with Crippen LogP contribution in [0.15, 0.2) is 53.5 Å². The van der Waals surface area contributed by atoms with E-state index in [1.165, 1.54) is 11.1 Å². The van der Waals surface area contributed by atoms with Crippen LogP contribution in [0, 0.1) is 0 Å². The van der Waals surface area contributed by atoms with Gasteiger partial charge >= 0.3 is 0 Å². The number of methoxy groups -OCH3 is 1. The molecule has 0 radical (unpaired) electrons. The number of nitrogens with zero attached hydrogens (tertiary/aromatic N) is 1. The molecule has 146 valence electrons. The number of guanidine groups is 1. The van der Waals surface area contributed by atoms with Gasteiger partial charge in [-0.2, -0.15) is 0 Å². The number of aromatic hydroxyl groups is 1. The fraction of sp³-hybridized carbons (Fsp3) is 0.409. The zero-order valence-electron chi connectivity index (χ0n) is 16.4. The van der Waals surface area contributed by atoms with Gasteiger partial charge in [-0.05, 0) is 67.5 Å². The number of hydrogen-bond donors (Lipinski definition) is 3. The molecule has 2 aromatic rings. The highest BCUT2D eigenvalue weighted by Gasteiger charge is 1.99. The molecule has 0 heterocycles. The Hall–Kier alpha value is -2.69. The first-order valence-corrected chi connectivity index (χ1v) is 9.56. The second-order valence-electron chi connectivity index (χ2n) is 6.50. The molecule has 0 saturated heterocycles. The van der Waals surface area contributed by atoms with Crippen LogP contribution in [0.25, 0.3) is 0 Å². The summed E-state index contributed by atoms with van der Waals surface area (Å²) in [5.41, 5.74) is 2.57. The highest BCUT2D eigenvalue weighted by Crippen LogP contribution is 2.13. The molecule has 3 N–H and O–H groups in total. The summed E-state index contributed by atoms with van der Waals surface area (Å²) in [4.78, 5) is 4.27. The van der Waals surface area contributed by atoms with Crippen LogP contribution in [0.1, 0.15) is 30.4 Å². The first-order valence-electron chi connectivity index (χ1n) is 9.56. The molecular formula is C22H31N3O2. The lowest BCUT2D eigenvalue weighted by Gasteiger charge is -2.12. The second kappa shape index (κ2) is 11.8. The summed E-state index contributed by atoms with van der Waals surface area (Å²) in [6.07, 6.45) is 5.30. The maximum atomic E-state index is 9.30. The molecule has 0 unspecified atom stereocenters. The molecule has 27 heavy (non-hydrogen) atoms. The van der Waals surface area contributed by atoms with Crippen molar-refractivity contribution in [1.82, 2.24) is 10.6 Å². The van der Waals surface area contributed by atoms with Crippen molar-refractivity contribution in [3.05, 3.63) is 59.7 Å². The number of phenols is 1. The average Bonchev–Trinajstić information content (AvgIpc) is 2.71. The van der Waals surface area contributed by atoms with Crippen molar-refractivity contribution in [2.24, 2.45) is 4.99 Å². The predicted octanol–water partition coefficient (Wildman–Crippen LogP) is 3.52. The zero-order chi connectivity index (χ0) is 19.3. The fourth-order valence-corrected chi connectivity index (χ4v) is 2.84. The normalized spacial score (nSPS) is 11.3. The van der Waals surface area contributed by atoms with Crippen molar-refractivity contribution < 1.29 is 9.84 Å². The summed E-state index contributed by atoms with van der Waals surface area (Å²) < 4.78 is 5.18. The predicted molar refractivity (Wildman–Crippen MR) is 112 cm³/mol. The molecule has 2 rings (SSSR count). The number of aryl methyl sites for hydroxylation is 2. The first kappa shape index (κ1) is 20.6. The van der Waals surface area contributed by atoms with Gasteiger partial charge in [0.1, 0.15) is 11.5 Å². The number of hydrogen-bond acceptors (Lipinski definition) is 3. The number of phenolic OH excluding ortho intramolecular Hbond substituents is 1. The van der Waals surface area contributed by atoms with Gasteiger partial charge in [0.25, 0.3) is 0 Å². The molecule has 0 aliphatic rings. The molecule has 0 bridgehead atoms. The van der Waals surface area contributed by atoms with Crippen LogP contribution in [0.4, 0.5) is 0 Å². The third kappa shape index (κ3) is 8.03. The summed E-state index contributed by atoms with van der Waals surface area (Å²) >= 11 is 0. The average molecular weight is 370 g/mol. The van der Waals surface area contributed by atoms with E-state index in [1.807, 2.05) is 24.3 Å². The van der Waals surface area contributed by atoms with E-state index in [-0.39, 0.29) is 0 Å². The maximum absolute atomic E-state index is 9.30. The minimum absolute atomic E-state index is 0.313. The van der Waals surface area contributed by atoms with E-state index in [2.05, 4.69) is 27.8 Å². The summed E-state index contributed by atoms with van der Waals surface area (Å²) in [7, 11) is 3.49. The van der Waals surface area contributed by atoms with E-state index in [4.69, 9.17) is 4.74 Å². The maximum Gasteiger partial charge on any atom is 0.190 e. The van der Waals surface area contributed by atoms with Gasteiger partial charge in [-0.15, -0.1) is 0 Å². The van der Waals surface area contributed by atoms with Crippen molar-refractivity contribution in [1.29, 1.82) is 0 Å². The van der Waals surface area contributed by atoms with Crippen molar-refractivity contribution >= 4 is 5.96 Å². The molecule has 5 heteroatoms. The van der Waals surface area contributed by atoms with E-state index in [0.717, 1.165) is 56.9 Å². The van der Waals surface area contributed by atoms with Crippen LogP contribution in [-0.4, -0.2) is 38.3 Å². The number of aliphatic imine (C=N–C) groups is 1. The Morgan fingerprint density at radius 2 is 1.41 bits per heavy atom. The Balaban J connectivity index is 1.55. The van der Waals surface area contributed by atoms with E-state index in [9.17, 15) is 5.11 Å². The van der Waals surface area contributed by atoms with E-state index in [0.29, 0.717) is 5.75 Å². The summed E-state index contributed by atoms with van der Waals surface area (Å²) in [5.74, 6) is 2.07. The summed E-state index contributed by atoms with van der Waals surface area (Å²) in [5, 5.41) is 16.0. The van der Waals surface area contributed by atoms with Gasteiger partial charge in [-0.3, -0.25) is 4.99 Å². The quantitative estimate of drug-likeness (QED) is 0.341. The monoisotopic (exact) mass is 369 g/mol. The van der Waals surface area contributed by atoms with Crippen molar-refractivity contribution in [2.75, 3.05) is 27.2 Å². The lowest BCUT2D eigenvalue weighted by atomic mass is 10.1. The van der Waals surface area contributed by atoms with E-state index < -0.39 is 0 Å². The lowest BCUT2D eigenvalue weighted by molar-refractivity contribution is 0.414. The third-order valence-corrected chi connectivity index (χ3v) is 4.44. The number of unbranched alkanes of at least 4 members (excludes halogenated alkanes) is 1. The smallest absolute Gasteiger partial charge is 0.190 e. The highest BCUT2D eigenvalue weighted by atomic mass is 16.5. The van der Waals surface area contributed by atoms with Crippen LogP contribution in [0.3, 0.4) is 0 Å². The van der Waals surface area contributed by atoms with Crippen molar-refractivity contribution in [2.45, 2.75) is 32.1 Å². The van der Waals surface area contributed by atoms with Crippen LogP contribution in [0.2, 0.25) is 0 Å². The van der Waals surface area contributed by atoms with Gasteiger partial charge in [0.05, 0.1) is 7.11 Å². The van der Waals surface area contributed by atoms with Gasteiger partial charge in [-0.1, -0.05) is 24.3 Å². The Morgan fingerprint density at radius 1 is 0.852 bits per heavy atom. The summed E-state index contributed by atoms with van der Waals surface area (Å²) in [6.45, 7) is 1.78. The Bertz CT molecular complexity index is 682. The molecule has 0 saturated carbocycles. The number of benzene rings is 2. The lowest BCUT2D eigenvalue weighted by Crippen LogP contribution is -2.38. The number of nitrogens with one attached hydrogen (secondary N) is 2. The largest absolute Gasteiger partial charge is 0.508 e. The van der Waals surface area contributed by atoms with Gasteiger partial charge in [0.15, 0.2) is 5.96 Å². The summed E-state index contributed by atoms with van der Waals surface area (Å²) in [6, 6.07) is 15.7. The molecule has 0 aromatic heterocycles. The SMILES string of the molecule is CN=C(NCCCCc1ccc(OC)cc1)NCCCc1ccc(O)cc1. The molecule has 0 aliphatic heterocycles. The highest BCUT2D eigenvalue weighted by molar-refractivity contribution is 5.79. The molecule has 2 aromatic carbocycles.